The SMILES string of the molecule is N#Cc1nn([C@H]2O[C@@H](CO)[C@@H](O)[C@H]2O)c2ncnc(N)c12. The second-order valence-corrected chi connectivity index (χ2v) is 4.59. The Morgan fingerprint density at radius 1 is 1.38 bits per heavy atom. The molecule has 0 radical (unpaired) electrons. The molecule has 10 heteroatoms. The maximum Gasteiger partial charge on any atom is 0.181 e. The number of nitrogens with zero attached hydrogens (tertiary/aromatic N) is 5. The Hall–Kier alpha value is -2.32. The number of nitriles is 1. The number of ether oxygens (including phenoxy) is 1. The van der Waals surface area contributed by atoms with E-state index >= 15 is 0 Å². The summed E-state index contributed by atoms with van der Waals surface area (Å²) in [6.07, 6.45) is -3.44. The average Bonchev–Trinajstić information content (AvgIpc) is 2.99. The van der Waals surface area contributed by atoms with Crippen molar-refractivity contribution in [3.8, 4) is 6.07 Å². The molecule has 4 atom stereocenters. The smallest absolute Gasteiger partial charge is 0.181 e. The van der Waals surface area contributed by atoms with Gasteiger partial charge in [-0.15, -0.1) is 0 Å². The molecule has 10 nitrogen and oxygen atoms in total. The zero-order valence-corrected chi connectivity index (χ0v) is 10.7. The Morgan fingerprint density at radius 3 is 2.76 bits per heavy atom. The molecule has 0 bridgehead atoms. The Kier molecular flexibility index (Phi) is 3.19. The molecule has 3 rings (SSSR count). The predicted molar refractivity (Wildman–Crippen MR) is 67.5 cm³/mol. The van der Waals surface area contributed by atoms with Gasteiger partial charge in [-0.2, -0.15) is 10.4 Å². The van der Waals surface area contributed by atoms with Crippen molar-refractivity contribution in [3.63, 3.8) is 0 Å². The van der Waals surface area contributed by atoms with Gasteiger partial charge in [-0.25, -0.2) is 14.6 Å². The van der Waals surface area contributed by atoms with Crippen molar-refractivity contribution in [1.29, 1.82) is 5.26 Å². The fraction of sp³-hybridized carbons (Fsp3) is 0.455. The number of fused-ring (bicyclic) bond motifs is 1. The zero-order valence-electron chi connectivity index (χ0n) is 10.7. The highest BCUT2D eigenvalue weighted by Crippen LogP contribution is 2.32. The summed E-state index contributed by atoms with van der Waals surface area (Å²) in [5.74, 6) is 0.0783. The van der Waals surface area contributed by atoms with Crippen LogP contribution in [-0.2, 0) is 4.74 Å². The first-order valence-corrected chi connectivity index (χ1v) is 6.09. The van der Waals surface area contributed by atoms with Crippen LogP contribution in [0, 0.1) is 11.3 Å². The first kappa shape index (κ1) is 13.7. The third kappa shape index (κ3) is 1.91. The first-order chi connectivity index (χ1) is 10.1. The van der Waals surface area contributed by atoms with Crippen LogP contribution in [0.2, 0.25) is 0 Å². The van der Waals surface area contributed by atoms with Crippen molar-refractivity contribution in [1.82, 2.24) is 19.7 Å². The molecule has 110 valence electrons. The van der Waals surface area contributed by atoms with Gasteiger partial charge in [0.05, 0.1) is 12.0 Å². The van der Waals surface area contributed by atoms with Crippen LogP contribution in [0.1, 0.15) is 11.9 Å². The average molecular weight is 292 g/mol. The highest BCUT2D eigenvalue weighted by atomic mass is 16.6. The standard InChI is InChI=1S/C11H12N6O4/c12-1-4-6-9(13)14-3-15-10(6)17(16-4)11-8(20)7(19)5(2-18)21-11/h3,5,7-8,11,18-20H,2H2,(H2,13,14,15)/t5-,7+,8+,11-/m0/s1. The van der Waals surface area contributed by atoms with Gasteiger partial charge < -0.3 is 25.8 Å². The lowest BCUT2D eigenvalue weighted by Gasteiger charge is -2.15. The summed E-state index contributed by atoms with van der Waals surface area (Å²) < 4.78 is 6.53. The van der Waals surface area contributed by atoms with Crippen LogP contribution < -0.4 is 5.73 Å². The molecule has 0 saturated carbocycles. The summed E-state index contributed by atoms with van der Waals surface area (Å²) in [7, 11) is 0. The molecule has 0 amide bonds. The van der Waals surface area contributed by atoms with Gasteiger partial charge in [-0.3, -0.25) is 0 Å². The maximum absolute atomic E-state index is 10.0. The van der Waals surface area contributed by atoms with E-state index in [2.05, 4.69) is 15.1 Å². The molecular formula is C11H12N6O4. The molecule has 2 aromatic heterocycles. The third-order valence-electron chi connectivity index (χ3n) is 3.38. The molecule has 0 aromatic carbocycles. The summed E-state index contributed by atoms with van der Waals surface area (Å²) in [5, 5.41) is 42.3. The number of aliphatic hydroxyl groups is 3. The van der Waals surface area contributed by atoms with E-state index in [1.54, 1.807) is 0 Å². The third-order valence-corrected chi connectivity index (χ3v) is 3.38. The summed E-state index contributed by atoms with van der Waals surface area (Å²) >= 11 is 0. The van der Waals surface area contributed by atoms with Crippen LogP contribution in [0.15, 0.2) is 6.33 Å². The van der Waals surface area contributed by atoms with Crippen LogP contribution in [0.5, 0.6) is 0 Å². The summed E-state index contributed by atoms with van der Waals surface area (Å²) in [6, 6.07) is 1.86. The van der Waals surface area contributed by atoms with Crippen LogP contribution in [-0.4, -0.2) is 60.0 Å². The van der Waals surface area contributed by atoms with E-state index in [9.17, 15) is 10.2 Å². The number of aliphatic hydroxyl groups excluding tert-OH is 3. The normalized spacial score (nSPS) is 28.9. The lowest BCUT2D eigenvalue weighted by molar-refractivity contribution is -0.0567. The number of rotatable bonds is 2. The molecule has 0 spiro atoms. The van der Waals surface area contributed by atoms with E-state index in [4.69, 9.17) is 20.8 Å². The van der Waals surface area contributed by atoms with Gasteiger partial charge >= 0.3 is 0 Å². The summed E-state index contributed by atoms with van der Waals surface area (Å²) in [5.41, 5.74) is 5.90. The molecule has 21 heavy (non-hydrogen) atoms. The number of hydrogen-bond acceptors (Lipinski definition) is 9. The van der Waals surface area contributed by atoms with Crippen molar-refractivity contribution in [2.45, 2.75) is 24.5 Å². The van der Waals surface area contributed by atoms with Gasteiger partial charge in [0.15, 0.2) is 17.6 Å². The lowest BCUT2D eigenvalue weighted by Crippen LogP contribution is -2.33. The van der Waals surface area contributed by atoms with Gasteiger partial charge in [0.1, 0.15) is 36.5 Å². The molecule has 3 heterocycles. The molecule has 0 unspecified atom stereocenters. The predicted octanol–water partition coefficient (Wildman–Crippen LogP) is -2.11. The number of hydrogen-bond donors (Lipinski definition) is 4. The lowest BCUT2D eigenvalue weighted by atomic mass is 10.1. The van der Waals surface area contributed by atoms with E-state index in [-0.39, 0.29) is 22.5 Å². The fourth-order valence-corrected chi connectivity index (χ4v) is 2.33. The van der Waals surface area contributed by atoms with Gasteiger partial charge in [0.2, 0.25) is 0 Å². The minimum Gasteiger partial charge on any atom is -0.394 e. The van der Waals surface area contributed by atoms with Crippen molar-refractivity contribution < 1.29 is 20.1 Å². The molecule has 1 saturated heterocycles. The molecule has 5 N–H and O–H groups in total. The van der Waals surface area contributed by atoms with E-state index < -0.39 is 31.1 Å². The van der Waals surface area contributed by atoms with Crippen molar-refractivity contribution in [2.24, 2.45) is 0 Å². The topological polar surface area (TPSA) is 163 Å². The van der Waals surface area contributed by atoms with Crippen LogP contribution in [0.3, 0.4) is 0 Å². The second-order valence-electron chi connectivity index (χ2n) is 4.59. The van der Waals surface area contributed by atoms with Crippen LogP contribution >= 0.6 is 0 Å². The number of nitrogens with two attached hydrogens (primary N) is 1. The zero-order chi connectivity index (χ0) is 15.1. The number of anilines is 1. The molecule has 2 aromatic rings. The number of nitrogen functional groups attached to an aromatic ring is 1. The monoisotopic (exact) mass is 292 g/mol. The Morgan fingerprint density at radius 2 is 2.14 bits per heavy atom. The van der Waals surface area contributed by atoms with Crippen LogP contribution in [0.4, 0.5) is 5.82 Å². The maximum atomic E-state index is 10.0. The van der Waals surface area contributed by atoms with E-state index in [1.807, 2.05) is 6.07 Å². The quantitative estimate of drug-likeness (QED) is 0.485. The molecule has 0 aliphatic carbocycles. The van der Waals surface area contributed by atoms with Crippen molar-refractivity contribution in [3.05, 3.63) is 12.0 Å². The summed E-state index contributed by atoms with van der Waals surface area (Å²) in [4.78, 5) is 7.78. The van der Waals surface area contributed by atoms with E-state index in [0.29, 0.717) is 0 Å². The number of aromatic nitrogens is 4. The Bertz CT molecular complexity index is 725. The van der Waals surface area contributed by atoms with Crippen molar-refractivity contribution >= 4 is 16.9 Å². The van der Waals surface area contributed by atoms with Gasteiger partial charge in [0.25, 0.3) is 0 Å². The molecule has 1 fully saturated rings. The Labute approximate surface area is 118 Å². The summed E-state index contributed by atoms with van der Waals surface area (Å²) in [6.45, 7) is -0.462. The molecular weight excluding hydrogens is 280 g/mol. The van der Waals surface area contributed by atoms with Gasteiger partial charge in [-0.1, -0.05) is 0 Å². The molecule has 1 aliphatic rings. The molecule has 1 aliphatic heterocycles. The van der Waals surface area contributed by atoms with Gasteiger partial charge in [-0.05, 0) is 0 Å². The second kappa shape index (κ2) is 4.90. The fourth-order valence-electron chi connectivity index (χ4n) is 2.33. The van der Waals surface area contributed by atoms with E-state index in [1.165, 1.54) is 6.33 Å². The minimum absolute atomic E-state index is 0.0131. The van der Waals surface area contributed by atoms with Crippen LogP contribution in [0.25, 0.3) is 11.0 Å². The first-order valence-electron chi connectivity index (χ1n) is 6.09. The Balaban J connectivity index is 2.14. The largest absolute Gasteiger partial charge is 0.394 e. The van der Waals surface area contributed by atoms with Crippen molar-refractivity contribution in [2.75, 3.05) is 12.3 Å². The highest BCUT2D eigenvalue weighted by molar-refractivity contribution is 5.90. The highest BCUT2D eigenvalue weighted by Gasteiger charge is 2.44. The minimum atomic E-state index is -1.33. The van der Waals surface area contributed by atoms with E-state index in [0.717, 1.165) is 4.68 Å². The van der Waals surface area contributed by atoms with Gasteiger partial charge in [0, 0.05) is 0 Å².